The van der Waals surface area contributed by atoms with Gasteiger partial charge in [0.05, 0.1) is 42.2 Å². The summed E-state index contributed by atoms with van der Waals surface area (Å²) in [6.07, 6.45) is 6.28. The first kappa shape index (κ1) is 32.7. The van der Waals surface area contributed by atoms with Crippen LogP contribution >= 0.6 is 0 Å². The Hall–Kier alpha value is -6.24. The third kappa shape index (κ3) is 8.19. The van der Waals surface area contributed by atoms with E-state index in [2.05, 4.69) is 19.9 Å². The van der Waals surface area contributed by atoms with Crippen molar-refractivity contribution in [1.29, 1.82) is 0 Å². The van der Waals surface area contributed by atoms with Crippen molar-refractivity contribution in [3.63, 3.8) is 0 Å². The molecule has 49 heavy (non-hydrogen) atoms. The molecular formula is C37H32N6O6. The lowest BCUT2D eigenvalue weighted by Gasteiger charge is -2.08. The quantitative estimate of drug-likeness (QED) is 0.173. The van der Waals surface area contributed by atoms with E-state index in [4.69, 9.17) is 19.3 Å². The van der Waals surface area contributed by atoms with Gasteiger partial charge in [0.2, 0.25) is 23.6 Å². The van der Waals surface area contributed by atoms with Crippen molar-refractivity contribution in [2.45, 2.75) is 33.7 Å². The number of hydrogen-bond acceptors (Lipinski definition) is 10. The second kappa shape index (κ2) is 15.1. The normalized spacial score (nSPS) is 10.8. The molecule has 4 aromatic heterocycles. The third-order valence-electron chi connectivity index (χ3n) is 7.37. The van der Waals surface area contributed by atoms with Crippen molar-refractivity contribution >= 4 is 33.6 Å². The van der Waals surface area contributed by atoms with E-state index >= 15 is 0 Å². The number of rotatable bonds is 9. The summed E-state index contributed by atoms with van der Waals surface area (Å²) in [4.78, 5) is 39.3. The van der Waals surface area contributed by atoms with Crippen LogP contribution in [-0.2, 0) is 24.6 Å². The predicted molar refractivity (Wildman–Crippen MR) is 182 cm³/mol. The first-order chi connectivity index (χ1) is 23.9. The Bertz CT molecular complexity index is 2230. The zero-order valence-corrected chi connectivity index (χ0v) is 26.8. The van der Waals surface area contributed by atoms with Crippen molar-refractivity contribution in [2.24, 2.45) is 0 Å². The van der Waals surface area contributed by atoms with Gasteiger partial charge in [0.25, 0.3) is 0 Å². The van der Waals surface area contributed by atoms with Crippen LogP contribution in [0, 0.1) is 0 Å². The smallest absolute Gasteiger partial charge is 0.227 e. The van der Waals surface area contributed by atoms with E-state index in [9.17, 15) is 9.59 Å². The lowest BCUT2D eigenvalue weighted by molar-refractivity contribution is 0.0933. The average Bonchev–Trinajstić information content (AvgIpc) is 3.74. The van der Waals surface area contributed by atoms with E-state index in [1.165, 1.54) is 26.5 Å². The van der Waals surface area contributed by atoms with Gasteiger partial charge in [0.15, 0.2) is 0 Å². The van der Waals surface area contributed by atoms with Crippen LogP contribution in [0.1, 0.15) is 40.4 Å². The molecule has 0 amide bonds. The maximum absolute atomic E-state index is 11.6. The Morgan fingerprint density at radius 1 is 0.633 bits per heavy atom. The van der Waals surface area contributed by atoms with Gasteiger partial charge in [0, 0.05) is 49.1 Å². The zero-order chi connectivity index (χ0) is 34.2. The van der Waals surface area contributed by atoms with Crippen LogP contribution in [0.3, 0.4) is 0 Å². The van der Waals surface area contributed by atoms with E-state index < -0.39 is 0 Å². The first-order valence-electron chi connectivity index (χ1n) is 15.3. The predicted octanol–water partition coefficient (Wildman–Crippen LogP) is 6.98. The van der Waals surface area contributed by atoms with Gasteiger partial charge in [0.1, 0.15) is 24.2 Å². The highest BCUT2D eigenvalue weighted by atomic mass is 16.5. The zero-order valence-electron chi connectivity index (χ0n) is 26.8. The number of aliphatic hydroxyl groups is 1. The van der Waals surface area contributed by atoms with Crippen molar-refractivity contribution in [2.75, 3.05) is 0 Å². The van der Waals surface area contributed by atoms with Gasteiger partial charge in [-0.1, -0.05) is 30.3 Å². The second-order valence-corrected chi connectivity index (χ2v) is 10.9. The SMILES string of the molecule is CC(=O)n1ccc2cc(Oc3cc(CO)ncn3)ccc21.CC(=O)n1ccc2cc(Oc3cc(COCc4ccccc4)ncn3)ccc21. The maximum atomic E-state index is 11.6. The summed E-state index contributed by atoms with van der Waals surface area (Å²) in [5.74, 6) is 1.98. The highest BCUT2D eigenvalue weighted by Crippen LogP contribution is 2.27. The molecule has 0 aliphatic rings. The fraction of sp³-hybridized carbons (Fsp3) is 0.135. The fourth-order valence-corrected chi connectivity index (χ4v) is 5.04. The Morgan fingerprint density at radius 2 is 1.16 bits per heavy atom. The molecule has 3 aromatic carbocycles. The third-order valence-corrected chi connectivity index (χ3v) is 7.37. The molecule has 0 unspecified atom stereocenters. The molecule has 12 nitrogen and oxygen atoms in total. The summed E-state index contributed by atoms with van der Waals surface area (Å²) < 4.78 is 20.4. The van der Waals surface area contributed by atoms with Gasteiger partial charge in [-0.3, -0.25) is 18.7 Å². The minimum Gasteiger partial charge on any atom is -0.439 e. The molecular weight excluding hydrogens is 624 g/mol. The number of carbonyl (C=O) groups is 2. The van der Waals surface area contributed by atoms with Crippen LogP contribution in [-0.4, -0.2) is 46.0 Å². The van der Waals surface area contributed by atoms with Crippen molar-refractivity contribution in [3.8, 4) is 23.3 Å². The number of hydrogen-bond donors (Lipinski definition) is 1. The number of fused-ring (bicyclic) bond motifs is 2. The summed E-state index contributed by atoms with van der Waals surface area (Å²) in [6, 6.07) is 28.0. The summed E-state index contributed by atoms with van der Waals surface area (Å²) in [6.45, 7) is 3.77. The molecule has 1 N–H and O–H groups in total. The molecule has 246 valence electrons. The molecule has 0 atom stereocenters. The average molecular weight is 657 g/mol. The molecule has 0 radical (unpaired) electrons. The Balaban J connectivity index is 0.000000177. The highest BCUT2D eigenvalue weighted by molar-refractivity contribution is 5.93. The van der Waals surface area contributed by atoms with E-state index in [1.807, 2.05) is 72.8 Å². The number of benzene rings is 3. The van der Waals surface area contributed by atoms with E-state index in [0.29, 0.717) is 42.2 Å². The van der Waals surface area contributed by atoms with E-state index in [1.54, 1.807) is 39.7 Å². The van der Waals surface area contributed by atoms with Gasteiger partial charge in [-0.15, -0.1) is 0 Å². The molecule has 0 spiro atoms. The molecule has 12 heteroatoms. The first-order valence-corrected chi connectivity index (χ1v) is 15.3. The van der Waals surface area contributed by atoms with Crippen molar-refractivity contribution < 1.29 is 28.9 Å². The standard InChI is InChI=1S/C22H19N3O3.C15H13N3O3/c1-16(26)25-10-9-18-11-20(7-8-21(18)25)28-22-12-19(23-15-24-22)14-27-13-17-5-3-2-4-6-17;1-10(20)18-5-4-11-6-13(2-3-14(11)18)21-15-7-12(8-19)16-9-17-15/h2-12,15H,13-14H2,1H3;2-7,9,19H,8H2,1H3. The van der Waals surface area contributed by atoms with Crippen LogP contribution in [0.4, 0.5) is 0 Å². The van der Waals surface area contributed by atoms with Crippen LogP contribution in [0.5, 0.6) is 23.3 Å². The van der Waals surface area contributed by atoms with Gasteiger partial charge < -0.3 is 19.3 Å². The lowest BCUT2D eigenvalue weighted by Crippen LogP contribution is -2.02. The van der Waals surface area contributed by atoms with Crippen molar-refractivity contribution in [3.05, 3.63) is 133 Å². The van der Waals surface area contributed by atoms with E-state index in [-0.39, 0.29) is 18.4 Å². The number of carbonyl (C=O) groups excluding carboxylic acids is 2. The molecule has 0 aliphatic carbocycles. The molecule has 7 rings (SSSR count). The number of nitrogens with zero attached hydrogens (tertiary/aromatic N) is 6. The van der Waals surface area contributed by atoms with Crippen LogP contribution in [0.25, 0.3) is 21.8 Å². The summed E-state index contributed by atoms with van der Waals surface area (Å²) in [5.41, 5.74) is 4.01. The molecule has 0 fully saturated rings. The maximum Gasteiger partial charge on any atom is 0.227 e. The summed E-state index contributed by atoms with van der Waals surface area (Å²) >= 11 is 0. The molecule has 0 bridgehead atoms. The Kier molecular flexibility index (Phi) is 10.1. The van der Waals surface area contributed by atoms with E-state index in [0.717, 1.165) is 33.1 Å². The molecule has 7 aromatic rings. The molecule has 4 heterocycles. The number of ether oxygens (including phenoxy) is 3. The van der Waals surface area contributed by atoms with Crippen LogP contribution < -0.4 is 9.47 Å². The van der Waals surface area contributed by atoms with Gasteiger partial charge in [-0.05, 0) is 54.1 Å². The van der Waals surface area contributed by atoms with Crippen LogP contribution in [0.2, 0.25) is 0 Å². The number of aromatic nitrogens is 6. The summed E-state index contributed by atoms with van der Waals surface area (Å²) in [7, 11) is 0. The molecule has 0 saturated heterocycles. The van der Waals surface area contributed by atoms with Gasteiger partial charge in [-0.25, -0.2) is 19.9 Å². The highest BCUT2D eigenvalue weighted by Gasteiger charge is 2.09. The molecule has 0 aliphatic heterocycles. The van der Waals surface area contributed by atoms with Crippen LogP contribution in [0.15, 0.2) is 116 Å². The number of aliphatic hydroxyl groups excluding tert-OH is 1. The Labute approximate surface area is 281 Å². The lowest BCUT2D eigenvalue weighted by atomic mass is 10.2. The topological polar surface area (TPSA) is 143 Å². The minimum absolute atomic E-state index is 0.0281. The Morgan fingerprint density at radius 3 is 1.69 bits per heavy atom. The van der Waals surface area contributed by atoms with Crippen molar-refractivity contribution in [1.82, 2.24) is 29.1 Å². The second-order valence-electron chi connectivity index (χ2n) is 10.9. The fourth-order valence-electron chi connectivity index (χ4n) is 5.04. The van der Waals surface area contributed by atoms with Gasteiger partial charge in [-0.2, -0.15) is 0 Å². The largest absolute Gasteiger partial charge is 0.439 e. The minimum atomic E-state index is -0.167. The monoisotopic (exact) mass is 656 g/mol. The van der Waals surface area contributed by atoms with Gasteiger partial charge >= 0.3 is 0 Å². The molecule has 0 saturated carbocycles. The summed E-state index contributed by atoms with van der Waals surface area (Å²) in [5, 5.41) is 10.9.